The molecule has 7 heteroatoms. The average Bonchev–Trinajstić information content (AvgIpc) is 3.10. The van der Waals surface area contributed by atoms with E-state index in [0.29, 0.717) is 5.56 Å². The number of aromatic nitrogens is 2. The van der Waals surface area contributed by atoms with Crippen molar-refractivity contribution in [3.8, 4) is 0 Å². The fourth-order valence-electron chi connectivity index (χ4n) is 3.40. The molecular weight excluding hydrogens is 358 g/mol. The van der Waals surface area contributed by atoms with Crippen LogP contribution in [-0.2, 0) is 6.54 Å². The number of amides is 1. The number of fused-ring (bicyclic) bond motifs is 1. The van der Waals surface area contributed by atoms with Crippen LogP contribution in [0.5, 0.6) is 0 Å². The number of anilines is 1. The Labute approximate surface area is 163 Å². The van der Waals surface area contributed by atoms with Crippen molar-refractivity contribution in [3.63, 3.8) is 0 Å². The zero-order valence-corrected chi connectivity index (χ0v) is 16.4. The van der Waals surface area contributed by atoms with E-state index >= 15 is 0 Å². The van der Waals surface area contributed by atoms with Gasteiger partial charge >= 0.3 is 0 Å². The fourth-order valence-corrected chi connectivity index (χ4v) is 4.41. The number of para-hydroxylation sites is 1. The van der Waals surface area contributed by atoms with Crippen LogP contribution in [0.2, 0.25) is 0 Å². The topological polar surface area (TPSA) is 52.6 Å². The Bertz CT molecular complexity index is 913. The van der Waals surface area contributed by atoms with E-state index < -0.39 is 0 Å². The molecule has 1 fully saturated rings. The summed E-state index contributed by atoms with van der Waals surface area (Å²) in [5, 5.41) is 1.14. The van der Waals surface area contributed by atoms with Crippen LogP contribution in [-0.4, -0.2) is 65.9 Å². The van der Waals surface area contributed by atoms with Gasteiger partial charge in [-0.1, -0.05) is 12.1 Å². The molecule has 1 aliphatic heterocycles. The molecule has 0 unspecified atom stereocenters. The summed E-state index contributed by atoms with van der Waals surface area (Å²) in [6.07, 6.45) is 3.40. The molecule has 0 radical (unpaired) electrons. The second kappa shape index (κ2) is 7.62. The molecular formula is C20H23N5OS. The van der Waals surface area contributed by atoms with E-state index in [-0.39, 0.29) is 5.91 Å². The summed E-state index contributed by atoms with van der Waals surface area (Å²) in [6, 6.07) is 10.1. The minimum atomic E-state index is 0.0615. The van der Waals surface area contributed by atoms with Crippen molar-refractivity contribution in [2.75, 3.05) is 45.2 Å². The van der Waals surface area contributed by atoms with Crippen molar-refractivity contribution < 1.29 is 4.79 Å². The number of carbonyl (C=O) groups excluding carboxylic acids is 1. The molecule has 0 atom stereocenters. The maximum Gasteiger partial charge on any atom is 0.257 e. The van der Waals surface area contributed by atoms with Crippen molar-refractivity contribution >= 4 is 33.1 Å². The van der Waals surface area contributed by atoms with E-state index in [1.807, 2.05) is 36.0 Å². The highest BCUT2D eigenvalue weighted by atomic mass is 32.1. The Morgan fingerprint density at radius 3 is 2.67 bits per heavy atom. The third-order valence-corrected chi connectivity index (χ3v) is 5.89. The quantitative estimate of drug-likeness (QED) is 0.696. The van der Waals surface area contributed by atoms with Gasteiger partial charge in [0.05, 0.1) is 28.0 Å². The largest absolute Gasteiger partial charge is 0.377 e. The molecule has 0 N–H and O–H groups in total. The van der Waals surface area contributed by atoms with Gasteiger partial charge in [-0.05, 0) is 18.2 Å². The van der Waals surface area contributed by atoms with Crippen molar-refractivity contribution in [3.05, 3.63) is 53.3 Å². The van der Waals surface area contributed by atoms with Gasteiger partial charge in [-0.2, -0.15) is 0 Å². The zero-order chi connectivity index (χ0) is 18.8. The zero-order valence-electron chi connectivity index (χ0n) is 15.6. The maximum absolute atomic E-state index is 12.9. The summed E-state index contributed by atoms with van der Waals surface area (Å²) < 4.78 is 1.23. The van der Waals surface area contributed by atoms with Gasteiger partial charge in [0.25, 0.3) is 5.91 Å². The van der Waals surface area contributed by atoms with Gasteiger partial charge in [-0.25, -0.2) is 4.98 Å². The number of benzene rings is 1. The average molecular weight is 382 g/mol. The van der Waals surface area contributed by atoms with Crippen LogP contribution in [0.3, 0.4) is 0 Å². The molecule has 0 aliphatic carbocycles. The van der Waals surface area contributed by atoms with Gasteiger partial charge in [0.2, 0.25) is 0 Å². The lowest BCUT2D eigenvalue weighted by molar-refractivity contribution is 0.0628. The first kappa shape index (κ1) is 17.9. The third-order valence-electron chi connectivity index (χ3n) is 4.87. The van der Waals surface area contributed by atoms with E-state index in [0.717, 1.165) is 48.9 Å². The normalized spacial score (nSPS) is 15.3. The van der Waals surface area contributed by atoms with Crippen molar-refractivity contribution in [1.29, 1.82) is 0 Å². The van der Waals surface area contributed by atoms with E-state index in [4.69, 9.17) is 4.98 Å². The lowest BCUT2D eigenvalue weighted by Crippen LogP contribution is -2.48. The SMILES string of the molecule is CN(C)c1ccncc1C(=O)N1CCN(Cc2nc3ccccc3s2)CC1. The van der Waals surface area contributed by atoms with E-state index in [1.165, 1.54) is 4.70 Å². The van der Waals surface area contributed by atoms with Crippen LogP contribution in [0, 0.1) is 0 Å². The molecule has 0 spiro atoms. The van der Waals surface area contributed by atoms with Crippen LogP contribution in [0.15, 0.2) is 42.7 Å². The first-order chi connectivity index (χ1) is 13.1. The number of nitrogens with zero attached hydrogens (tertiary/aromatic N) is 5. The van der Waals surface area contributed by atoms with Crippen LogP contribution < -0.4 is 4.90 Å². The van der Waals surface area contributed by atoms with Crippen LogP contribution in [0.25, 0.3) is 10.2 Å². The summed E-state index contributed by atoms with van der Waals surface area (Å²) in [5.41, 5.74) is 2.65. The van der Waals surface area contributed by atoms with Gasteiger partial charge in [0.1, 0.15) is 5.01 Å². The van der Waals surface area contributed by atoms with Gasteiger partial charge in [0.15, 0.2) is 0 Å². The Balaban J connectivity index is 1.39. The molecule has 140 valence electrons. The lowest BCUT2D eigenvalue weighted by atomic mass is 10.1. The molecule has 3 aromatic rings. The van der Waals surface area contributed by atoms with Crippen LogP contribution in [0.4, 0.5) is 5.69 Å². The number of pyridine rings is 1. The summed E-state index contributed by atoms with van der Waals surface area (Å²) >= 11 is 1.75. The smallest absolute Gasteiger partial charge is 0.257 e. The Kier molecular flexibility index (Phi) is 5.05. The number of hydrogen-bond acceptors (Lipinski definition) is 6. The fraction of sp³-hybridized carbons (Fsp3) is 0.350. The third kappa shape index (κ3) is 3.79. The molecule has 1 aliphatic rings. The standard InChI is InChI=1S/C20H23N5OS/c1-23(2)17-7-8-21-13-15(17)20(26)25-11-9-24(10-12-25)14-19-22-16-5-3-4-6-18(16)27-19/h3-8,13H,9-12,14H2,1-2H3. The monoisotopic (exact) mass is 381 g/mol. The van der Waals surface area contributed by atoms with E-state index in [1.54, 1.807) is 23.7 Å². The Morgan fingerprint density at radius 2 is 1.93 bits per heavy atom. The number of carbonyl (C=O) groups is 1. The minimum Gasteiger partial charge on any atom is -0.377 e. The molecule has 1 aromatic carbocycles. The molecule has 6 nitrogen and oxygen atoms in total. The van der Waals surface area contributed by atoms with E-state index in [9.17, 15) is 4.79 Å². The van der Waals surface area contributed by atoms with Crippen molar-refractivity contribution in [1.82, 2.24) is 19.8 Å². The first-order valence-electron chi connectivity index (χ1n) is 9.09. The highest BCUT2D eigenvalue weighted by Gasteiger charge is 2.25. The second-order valence-corrected chi connectivity index (χ2v) is 8.05. The molecule has 0 saturated carbocycles. The molecule has 0 bridgehead atoms. The minimum absolute atomic E-state index is 0.0615. The predicted molar refractivity (Wildman–Crippen MR) is 109 cm³/mol. The molecule has 3 heterocycles. The predicted octanol–water partition coefficient (Wildman–Crippen LogP) is 2.72. The van der Waals surface area contributed by atoms with Crippen molar-refractivity contribution in [2.45, 2.75) is 6.54 Å². The molecule has 4 rings (SSSR count). The number of rotatable bonds is 4. The van der Waals surface area contributed by atoms with Crippen molar-refractivity contribution in [2.24, 2.45) is 0 Å². The molecule has 2 aromatic heterocycles. The first-order valence-corrected chi connectivity index (χ1v) is 9.91. The number of hydrogen-bond donors (Lipinski definition) is 0. The summed E-state index contributed by atoms with van der Waals surface area (Å²) in [7, 11) is 3.89. The number of thiazole rings is 1. The number of piperazine rings is 1. The highest BCUT2D eigenvalue weighted by Crippen LogP contribution is 2.24. The van der Waals surface area contributed by atoms with Gasteiger partial charge in [-0.3, -0.25) is 14.7 Å². The van der Waals surface area contributed by atoms with E-state index in [2.05, 4.69) is 28.1 Å². The summed E-state index contributed by atoms with van der Waals surface area (Å²) in [6.45, 7) is 4.02. The Morgan fingerprint density at radius 1 is 1.15 bits per heavy atom. The molecule has 27 heavy (non-hydrogen) atoms. The molecule has 1 saturated heterocycles. The summed E-state index contributed by atoms with van der Waals surface area (Å²) in [5.74, 6) is 0.0615. The van der Waals surface area contributed by atoms with Gasteiger partial charge in [0, 0.05) is 52.7 Å². The Hall–Kier alpha value is -2.51. The van der Waals surface area contributed by atoms with Gasteiger partial charge in [-0.15, -0.1) is 11.3 Å². The van der Waals surface area contributed by atoms with Crippen LogP contribution >= 0.6 is 11.3 Å². The van der Waals surface area contributed by atoms with Crippen LogP contribution in [0.1, 0.15) is 15.4 Å². The highest BCUT2D eigenvalue weighted by molar-refractivity contribution is 7.18. The second-order valence-electron chi connectivity index (χ2n) is 6.93. The summed E-state index contributed by atoms with van der Waals surface area (Å²) in [4.78, 5) is 28.1. The molecule has 1 amide bonds. The maximum atomic E-state index is 12.9. The van der Waals surface area contributed by atoms with Gasteiger partial charge < -0.3 is 9.80 Å². The lowest BCUT2D eigenvalue weighted by Gasteiger charge is -2.34.